The van der Waals surface area contributed by atoms with Crippen LogP contribution in [0.15, 0.2) is 18.6 Å². The number of aromatic nitrogens is 4. The van der Waals surface area contributed by atoms with Crippen molar-refractivity contribution in [2.24, 2.45) is 7.05 Å². The van der Waals surface area contributed by atoms with Gasteiger partial charge >= 0.3 is 0 Å². The molecule has 2 heterocycles. The van der Waals surface area contributed by atoms with Crippen molar-refractivity contribution in [2.75, 3.05) is 17.2 Å². The zero-order valence-electron chi connectivity index (χ0n) is 11.8. The number of nitrogens with zero attached hydrogens (tertiary/aromatic N) is 4. The third kappa shape index (κ3) is 3.31. The molecule has 2 aromatic rings. The van der Waals surface area contributed by atoms with Crippen molar-refractivity contribution in [3.8, 4) is 0 Å². The first-order valence-electron chi connectivity index (χ1n) is 6.47. The lowest BCUT2D eigenvalue weighted by atomic mass is 10.3. The number of hydrogen-bond acceptors (Lipinski definition) is 5. The number of rotatable bonds is 5. The fourth-order valence-corrected chi connectivity index (χ4v) is 1.72. The Morgan fingerprint density at radius 2 is 2.20 bits per heavy atom. The molecule has 0 radical (unpaired) electrons. The van der Waals surface area contributed by atoms with Crippen LogP contribution < -0.4 is 10.6 Å². The minimum atomic E-state index is -0.297. The van der Waals surface area contributed by atoms with Crippen molar-refractivity contribution in [1.29, 1.82) is 0 Å². The molecule has 106 valence electrons. The summed E-state index contributed by atoms with van der Waals surface area (Å²) in [6, 6.07) is 0. The van der Waals surface area contributed by atoms with E-state index in [2.05, 4.69) is 32.6 Å². The van der Waals surface area contributed by atoms with Gasteiger partial charge in [0.1, 0.15) is 11.5 Å². The molecular formula is C13H18N6O. The number of anilines is 2. The monoisotopic (exact) mass is 274 g/mol. The highest BCUT2D eigenvalue weighted by Gasteiger charge is 2.12. The van der Waals surface area contributed by atoms with Crippen molar-refractivity contribution in [3.63, 3.8) is 0 Å². The fraction of sp³-hybridized carbons (Fsp3) is 0.385. The van der Waals surface area contributed by atoms with E-state index in [1.807, 2.05) is 6.92 Å². The van der Waals surface area contributed by atoms with Gasteiger partial charge in [0.2, 0.25) is 0 Å². The van der Waals surface area contributed by atoms with E-state index in [4.69, 9.17) is 0 Å². The Morgan fingerprint density at radius 3 is 2.85 bits per heavy atom. The molecule has 0 bridgehead atoms. The maximum absolute atomic E-state index is 12.1. The van der Waals surface area contributed by atoms with Crippen LogP contribution in [0.25, 0.3) is 0 Å². The van der Waals surface area contributed by atoms with Gasteiger partial charge in [-0.15, -0.1) is 0 Å². The van der Waals surface area contributed by atoms with Gasteiger partial charge in [0, 0.05) is 19.8 Å². The van der Waals surface area contributed by atoms with Gasteiger partial charge < -0.3 is 10.6 Å². The van der Waals surface area contributed by atoms with Gasteiger partial charge in [-0.1, -0.05) is 6.92 Å². The number of hydrogen-bond donors (Lipinski definition) is 2. The van der Waals surface area contributed by atoms with Crippen LogP contribution in [0.4, 0.5) is 11.5 Å². The molecule has 2 N–H and O–H groups in total. The zero-order valence-corrected chi connectivity index (χ0v) is 11.8. The maximum Gasteiger partial charge on any atom is 0.276 e. The summed E-state index contributed by atoms with van der Waals surface area (Å²) in [6.45, 7) is 4.68. The van der Waals surface area contributed by atoms with Crippen LogP contribution >= 0.6 is 0 Å². The van der Waals surface area contributed by atoms with Crippen LogP contribution in [0.2, 0.25) is 0 Å². The molecule has 0 fully saturated rings. The molecule has 0 aliphatic rings. The van der Waals surface area contributed by atoms with E-state index in [1.165, 1.54) is 6.20 Å². The SMILES string of the molecule is CCCNc1cncc(C(=O)Nc2cn(C)nc2C)n1. The van der Waals surface area contributed by atoms with E-state index in [1.54, 1.807) is 24.1 Å². The summed E-state index contributed by atoms with van der Waals surface area (Å²) in [5.74, 6) is 0.302. The average molecular weight is 274 g/mol. The summed E-state index contributed by atoms with van der Waals surface area (Å²) >= 11 is 0. The summed E-state index contributed by atoms with van der Waals surface area (Å²) in [7, 11) is 1.80. The average Bonchev–Trinajstić information content (AvgIpc) is 2.75. The standard InChI is InChI=1S/C13H18N6O/c1-4-5-15-12-7-14-6-10(16-12)13(20)17-11-8-19(3)18-9(11)2/h6-8H,4-5H2,1-3H3,(H,15,16)(H,17,20). The van der Waals surface area contributed by atoms with Gasteiger partial charge in [-0.3, -0.25) is 14.5 Å². The predicted octanol–water partition coefficient (Wildman–Crippen LogP) is 1.59. The normalized spacial score (nSPS) is 10.3. The molecule has 7 heteroatoms. The molecule has 20 heavy (non-hydrogen) atoms. The van der Waals surface area contributed by atoms with Crippen LogP contribution in [0.3, 0.4) is 0 Å². The molecule has 1 amide bonds. The quantitative estimate of drug-likeness (QED) is 0.865. The number of carbonyl (C=O) groups excluding carboxylic acids is 1. The van der Waals surface area contributed by atoms with Crippen LogP contribution in [-0.2, 0) is 7.05 Å². The largest absolute Gasteiger partial charge is 0.369 e. The topological polar surface area (TPSA) is 84.7 Å². The number of nitrogens with one attached hydrogen (secondary N) is 2. The molecule has 0 aromatic carbocycles. The minimum absolute atomic E-state index is 0.273. The van der Waals surface area contributed by atoms with E-state index in [9.17, 15) is 4.79 Å². The van der Waals surface area contributed by atoms with Crippen molar-refractivity contribution in [3.05, 3.63) is 30.0 Å². The smallest absolute Gasteiger partial charge is 0.276 e. The van der Waals surface area contributed by atoms with Crippen LogP contribution in [0, 0.1) is 6.92 Å². The Hall–Kier alpha value is -2.44. The first-order valence-corrected chi connectivity index (χ1v) is 6.47. The number of carbonyl (C=O) groups is 1. The summed E-state index contributed by atoms with van der Waals surface area (Å²) < 4.78 is 1.65. The predicted molar refractivity (Wildman–Crippen MR) is 76.7 cm³/mol. The van der Waals surface area contributed by atoms with Crippen molar-refractivity contribution >= 4 is 17.4 Å². The van der Waals surface area contributed by atoms with E-state index >= 15 is 0 Å². The first kappa shape index (κ1) is 14.0. The molecule has 0 atom stereocenters. The minimum Gasteiger partial charge on any atom is -0.369 e. The summed E-state index contributed by atoms with van der Waals surface area (Å²) in [6.07, 6.45) is 5.77. The summed E-state index contributed by atoms with van der Waals surface area (Å²) in [4.78, 5) is 20.4. The molecular weight excluding hydrogens is 256 g/mol. The molecule has 0 saturated carbocycles. The zero-order chi connectivity index (χ0) is 14.5. The molecule has 2 aromatic heterocycles. The Balaban J connectivity index is 2.10. The Kier molecular flexibility index (Phi) is 4.29. The summed E-state index contributed by atoms with van der Waals surface area (Å²) in [5, 5.41) is 10.0. The highest BCUT2D eigenvalue weighted by Crippen LogP contribution is 2.13. The van der Waals surface area contributed by atoms with Gasteiger partial charge in [0.25, 0.3) is 5.91 Å². The highest BCUT2D eigenvalue weighted by atomic mass is 16.1. The van der Waals surface area contributed by atoms with E-state index in [0.29, 0.717) is 11.5 Å². The van der Waals surface area contributed by atoms with Crippen molar-refractivity contribution in [1.82, 2.24) is 19.7 Å². The Labute approximate surface area is 117 Å². The molecule has 0 aliphatic carbocycles. The lowest BCUT2D eigenvalue weighted by Gasteiger charge is -2.06. The van der Waals surface area contributed by atoms with Gasteiger partial charge in [-0.2, -0.15) is 5.10 Å². The first-order chi connectivity index (χ1) is 9.60. The lowest BCUT2D eigenvalue weighted by molar-refractivity contribution is 0.102. The van der Waals surface area contributed by atoms with Crippen LogP contribution in [0.5, 0.6) is 0 Å². The second kappa shape index (κ2) is 6.14. The molecule has 7 nitrogen and oxygen atoms in total. The van der Waals surface area contributed by atoms with Crippen LogP contribution in [-0.4, -0.2) is 32.2 Å². The number of amides is 1. The second-order valence-electron chi connectivity index (χ2n) is 4.47. The molecule has 0 spiro atoms. The molecule has 0 unspecified atom stereocenters. The fourth-order valence-electron chi connectivity index (χ4n) is 1.72. The van der Waals surface area contributed by atoms with Gasteiger partial charge in [0.15, 0.2) is 0 Å². The lowest BCUT2D eigenvalue weighted by Crippen LogP contribution is -2.15. The third-order valence-corrected chi connectivity index (χ3v) is 2.68. The maximum atomic E-state index is 12.1. The van der Waals surface area contributed by atoms with Crippen LogP contribution in [0.1, 0.15) is 29.5 Å². The van der Waals surface area contributed by atoms with E-state index < -0.39 is 0 Å². The van der Waals surface area contributed by atoms with Gasteiger partial charge in [-0.05, 0) is 13.3 Å². The van der Waals surface area contributed by atoms with Gasteiger partial charge in [-0.25, -0.2) is 4.98 Å². The third-order valence-electron chi connectivity index (χ3n) is 2.68. The summed E-state index contributed by atoms with van der Waals surface area (Å²) in [5.41, 5.74) is 1.70. The van der Waals surface area contributed by atoms with Crippen molar-refractivity contribution in [2.45, 2.75) is 20.3 Å². The van der Waals surface area contributed by atoms with E-state index in [0.717, 1.165) is 18.7 Å². The Morgan fingerprint density at radius 1 is 1.40 bits per heavy atom. The molecule has 0 aliphatic heterocycles. The highest BCUT2D eigenvalue weighted by molar-refractivity contribution is 6.03. The van der Waals surface area contributed by atoms with Gasteiger partial charge in [0.05, 0.1) is 23.8 Å². The number of aryl methyl sites for hydroxylation is 2. The molecule has 2 rings (SSSR count). The van der Waals surface area contributed by atoms with E-state index in [-0.39, 0.29) is 11.6 Å². The second-order valence-corrected chi connectivity index (χ2v) is 4.47. The Bertz CT molecular complexity index is 607. The van der Waals surface area contributed by atoms with Crippen molar-refractivity contribution < 1.29 is 4.79 Å². The molecule has 0 saturated heterocycles.